The van der Waals surface area contributed by atoms with Gasteiger partial charge in [0.2, 0.25) is 0 Å². The zero-order valence-electron chi connectivity index (χ0n) is 13.5. The Morgan fingerprint density at radius 3 is 2.88 bits per heavy atom. The summed E-state index contributed by atoms with van der Waals surface area (Å²) < 4.78 is 1.94. The Morgan fingerprint density at radius 1 is 1.25 bits per heavy atom. The molecule has 1 N–H and O–H groups in total. The molecule has 24 heavy (non-hydrogen) atoms. The Morgan fingerprint density at radius 2 is 2.08 bits per heavy atom. The highest BCUT2D eigenvalue weighted by Gasteiger charge is 2.31. The number of fused-ring (bicyclic) bond motifs is 1. The molecule has 1 atom stereocenters. The third-order valence-electron chi connectivity index (χ3n) is 4.55. The Kier molecular flexibility index (Phi) is 4.08. The fourth-order valence-corrected chi connectivity index (χ4v) is 3.49. The zero-order valence-corrected chi connectivity index (χ0v) is 14.2. The van der Waals surface area contributed by atoms with Crippen LogP contribution in [0.1, 0.15) is 35.7 Å². The van der Waals surface area contributed by atoms with Crippen LogP contribution in [0.4, 0.5) is 0 Å². The van der Waals surface area contributed by atoms with Gasteiger partial charge in [-0.25, -0.2) is 14.6 Å². The molecule has 4 rings (SSSR count). The van der Waals surface area contributed by atoms with Crippen molar-refractivity contribution < 1.29 is 0 Å². The van der Waals surface area contributed by atoms with Crippen molar-refractivity contribution in [3.05, 3.63) is 64.7 Å². The van der Waals surface area contributed by atoms with E-state index in [9.17, 15) is 0 Å². The number of imidazole rings is 1. The minimum absolute atomic E-state index is 0.0965. The standard InChI is InChI=1S/C17H19ClN6/c1-2-24-15(20-11-22-24)9-23-8-7-14-16(21-10-19-14)17(23)12-3-5-13(18)6-4-12/h3-6,10-11,17H,2,7-9H2,1H3,(H,19,21). The van der Waals surface area contributed by atoms with Gasteiger partial charge in [-0.1, -0.05) is 23.7 Å². The normalized spacial score (nSPS) is 17.8. The first-order chi connectivity index (χ1) is 11.8. The van der Waals surface area contributed by atoms with Gasteiger partial charge in [-0.05, 0) is 24.6 Å². The van der Waals surface area contributed by atoms with Crippen molar-refractivity contribution in [2.75, 3.05) is 6.54 Å². The van der Waals surface area contributed by atoms with Crippen LogP contribution in [0.5, 0.6) is 0 Å². The second-order valence-corrected chi connectivity index (χ2v) is 6.37. The van der Waals surface area contributed by atoms with Gasteiger partial charge in [0, 0.05) is 30.2 Å². The molecule has 0 saturated heterocycles. The van der Waals surface area contributed by atoms with Crippen molar-refractivity contribution in [1.82, 2.24) is 29.6 Å². The summed E-state index contributed by atoms with van der Waals surface area (Å²) in [5, 5.41) is 5.03. The molecule has 124 valence electrons. The highest BCUT2D eigenvalue weighted by molar-refractivity contribution is 6.30. The van der Waals surface area contributed by atoms with Crippen LogP contribution in [0.3, 0.4) is 0 Å². The Bertz CT molecular complexity index is 822. The highest BCUT2D eigenvalue weighted by atomic mass is 35.5. The molecule has 0 saturated carbocycles. The van der Waals surface area contributed by atoms with Crippen LogP contribution < -0.4 is 0 Å². The maximum absolute atomic E-state index is 6.06. The van der Waals surface area contributed by atoms with E-state index in [0.717, 1.165) is 42.6 Å². The minimum Gasteiger partial charge on any atom is -0.348 e. The van der Waals surface area contributed by atoms with Crippen LogP contribution in [0.2, 0.25) is 5.02 Å². The van der Waals surface area contributed by atoms with Crippen LogP contribution in [0.15, 0.2) is 36.9 Å². The van der Waals surface area contributed by atoms with Crippen molar-refractivity contribution in [1.29, 1.82) is 0 Å². The van der Waals surface area contributed by atoms with E-state index in [4.69, 9.17) is 11.6 Å². The molecule has 0 bridgehead atoms. The molecule has 3 aromatic rings. The van der Waals surface area contributed by atoms with E-state index in [1.807, 2.05) is 16.8 Å². The van der Waals surface area contributed by atoms with E-state index >= 15 is 0 Å². The third-order valence-corrected chi connectivity index (χ3v) is 4.80. The zero-order chi connectivity index (χ0) is 16.5. The maximum Gasteiger partial charge on any atom is 0.141 e. The first-order valence-electron chi connectivity index (χ1n) is 8.14. The Balaban J connectivity index is 1.71. The maximum atomic E-state index is 6.06. The van der Waals surface area contributed by atoms with Crippen LogP contribution in [-0.2, 0) is 19.5 Å². The predicted molar refractivity (Wildman–Crippen MR) is 91.7 cm³/mol. The van der Waals surface area contributed by atoms with Gasteiger partial charge in [-0.15, -0.1) is 0 Å². The van der Waals surface area contributed by atoms with Crippen molar-refractivity contribution in [3.63, 3.8) is 0 Å². The number of nitrogens with one attached hydrogen (secondary N) is 1. The number of halogens is 1. The van der Waals surface area contributed by atoms with Crippen LogP contribution in [0.25, 0.3) is 0 Å². The lowest BCUT2D eigenvalue weighted by Crippen LogP contribution is -2.36. The van der Waals surface area contributed by atoms with Crippen molar-refractivity contribution in [2.24, 2.45) is 0 Å². The molecule has 0 amide bonds. The summed E-state index contributed by atoms with van der Waals surface area (Å²) in [6.07, 6.45) is 4.37. The average molecular weight is 343 g/mol. The molecule has 1 unspecified atom stereocenters. The second-order valence-electron chi connectivity index (χ2n) is 5.93. The molecular formula is C17H19ClN6. The van der Waals surface area contributed by atoms with E-state index in [-0.39, 0.29) is 6.04 Å². The summed E-state index contributed by atoms with van der Waals surface area (Å²) in [4.78, 5) is 14.7. The molecule has 0 radical (unpaired) electrons. The topological polar surface area (TPSA) is 62.6 Å². The summed E-state index contributed by atoms with van der Waals surface area (Å²) in [7, 11) is 0. The molecule has 0 spiro atoms. The number of hydrogen-bond acceptors (Lipinski definition) is 4. The number of benzene rings is 1. The summed E-state index contributed by atoms with van der Waals surface area (Å²) in [5.41, 5.74) is 3.49. The van der Waals surface area contributed by atoms with Gasteiger partial charge in [0.15, 0.2) is 0 Å². The number of hydrogen-bond donors (Lipinski definition) is 1. The molecule has 7 heteroatoms. The predicted octanol–water partition coefficient (Wildman–Crippen LogP) is 2.82. The van der Waals surface area contributed by atoms with E-state index in [1.54, 1.807) is 12.7 Å². The van der Waals surface area contributed by atoms with Crippen molar-refractivity contribution in [2.45, 2.75) is 32.5 Å². The molecule has 3 heterocycles. The molecule has 2 aromatic heterocycles. The highest BCUT2D eigenvalue weighted by Crippen LogP contribution is 2.34. The van der Waals surface area contributed by atoms with Crippen molar-refractivity contribution in [3.8, 4) is 0 Å². The second kappa shape index (κ2) is 6.37. The molecule has 1 aliphatic heterocycles. The lowest BCUT2D eigenvalue weighted by atomic mass is 9.95. The Hall–Kier alpha value is -2.18. The van der Waals surface area contributed by atoms with Gasteiger partial charge < -0.3 is 4.98 Å². The molecule has 6 nitrogen and oxygen atoms in total. The fraction of sp³-hybridized carbons (Fsp3) is 0.353. The lowest BCUT2D eigenvalue weighted by Gasteiger charge is -2.34. The largest absolute Gasteiger partial charge is 0.348 e. The van der Waals surface area contributed by atoms with Gasteiger partial charge >= 0.3 is 0 Å². The summed E-state index contributed by atoms with van der Waals surface area (Å²) in [6.45, 7) is 4.59. The fourth-order valence-electron chi connectivity index (χ4n) is 3.37. The Labute approximate surface area is 145 Å². The summed E-state index contributed by atoms with van der Waals surface area (Å²) in [5.74, 6) is 0.982. The van der Waals surface area contributed by atoms with Crippen molar-refractivity contribution >= 4 is 11.6 Å². The van der Waals surface area contributed by atoms with Crippen LogP contribution >= 0.6 is 11.6 Å². The number of aromatic nitrogens is 5. The van der Waals surface area contributed by atoms with Crippen LogP contribution in [-0.4, -0.2) is 36.2 Å². The molecule has 0 aliphatic carbocycles. The lowest BCUT2D eigenvalue weighted by molar-refractivity contribution is 0.192. The molecule has 1 aromatic carbocycles. The quantitative estimate of drug-likeness (QED) is 0.792. The van der Waals surface area contributed by atoms with E-state index < -0.39 is 0 Å². The SMILES string of the molecule is CCn1ncnc1CN1CCc2[nH]cnc2C1c1ccc(Cl)cc1. The van der Waals surface area contributed by atoms with Gasteiger partial charge in [0.05, 0.1) is 24.6 Å². The minimum atomic E-state index is 0.0965. The third kappa shape index (κ3) is 2.72. The molecule has 1 aliphatic rings. The molecular weight excluding hydrogens is 324 g/mol. The molecule has 0 fully saturated rings. The number of nitrogens with zero attached hydrogens (tertiary/aromatic N) is 5. The number of aromatic amines is 1. The summed E-state index contributed by atoms with van der Waals surface area (Å²) >= 11 is 6.06. The number of aryl methyl sites for hydroxylation is 1. The number of rotatable bonds is 4. The van der Waals surface area contributed by atoms with Gasteiger partial charge in [0.25, 0.3) is 0 Å². The summed E-state index contributed by atoms with van der Waals surface area (Å²) in [6, 6.07) is 8.12. The first kappa shape index (κ1) is 15.4. The monoisotopic (exact) mass is 342 g/mol. The van der Waals surface area contributed by atoms with Gasteiger partial charge in [0.1, 0.15) is 12.2 Å². The van der Waals surface area contributed by atoms with E-state index in [0.29, 0.717) is 0 Å². The van der Waals surface area contributed by atoms with E-state index in [1.165, 1.54) is 11.3 Å². The van der Waals surface area contributed by atoms with E-state index in [2.05, 4.69) is 44.0 Å². The first-order valence-corrected chi connectivity index (χ1v) is 8.52. The van der Waals surface area contributed by atoms with Gasteiger partial charge in [-0.2, -0.15) is 5.10 Å². The number of H-pyrrole nitrogens is 1. The average Bonchev–Trinajstić information content (AvgIpc) is 3.24. The van der Waals surface area contributed by atoms with Crippen LogP contribution in [0, 0.1) is 0 Å². The smallest absolute Gasteiger partial charge is 0.141 e. The van der Waals surface area contributed by atoms with Gasteiger partial charge in [-0.3, -0.25) is 4.90 Å².